The number of rotatable bonds is 5. The van der Waals surface area contributed by atoms with E-state index >= 15 is 0 Å². The van der Waals surface area contributed by atoms with E-state index in [1.807, 2.05) is 31.1 Å². The van der Waals surface area contributed by atoms with Crippen LogP contribution in [0.25, 0.3) is 0 Å². The van der Waals surface area contributed by atoms with Gasteiger partial charge in [0.2, 0.25) is 5.91 Å². The maximum absolute atomic E-state index is 12.1. The first-order valence-electron chi connectivity index (χ1n) is 6.38. The van der Waals surface area contributed by atoms with Gasteiger partial charge in [0.05, 0.1) is 18.9 Å². The highest BCUT2D eigenvalue weighted by Gasteiger charge is 2.38. The van der Waals surface area contributed by atoms with E-state index in [1.54, 1.807) is 6.26 Å². The van der Waals surface area contributed by atoms with Gasteiger partial charge in [0.25, 0.3) is 0 Å². The number of furan rings is 1. The van der Waals surface area contributed by atoms with Gasteiger partial charge in [-0.15, -0.1) is 0 Å². The van der Waals surface area contributed by atoms with Crippen LogP contribution in [0.2, 0.25) is 0 Å². The van der Waals surface area contributed by atoms with Gasteiger partial charge in [0.15, 0.2) is 0 Å². The van der Waals surface area contributed by atoms with Crippen molar-refractivity contribution in [2.45, 2.75) is 18.0 Å². The summed E-state index contributed by atoms with van der Waals surface area (Å²) in [5.74, 6) is 0.655. The smallest absolute Gasteiger partial charge is 0.242 e. The van der Waals surface area contributed by atoms with Crippen molar-refractivity contribution in [3.8, 4) is 0 Å². The third-order valence-electron chi connectivity index (χ3n) is 3.46. The second kappa shape index (κ2) is 5.73. The molecule has 1 aromatic rings. The maximum Gasteiger partial charge on any atom is 0.242 e. The quantitative estimate of drug-likeness (QED) is 0.792. The van der Waals surface area contributed by atoms with E-state index < -0.39 is 5.54 Å². The normalized spacial score (nSPS) is 24.6. The Labute approximate surface area is 112 Å². The summed E-state index contributed by atoms with van der Waals surface area (Å²) in [6.07, 6.45) is 2.19. The van der Waals surface area contributed by atoms with Crippen LogP contribution in [0.5, 0.6) is 0 Å². The minimum absolute atomic E-state index is 0.00938. The largest absolute Gasteiger partial charge is 0.468 e. The zero-order valence-corrected chi connectivity index (χ0v) is 11.4. The molecule has 0 bridgehead atoms. The number of nitrogens with one attached hydrogen (secondary N) is 1. The molecule has 6 heteroatoms. The van der Waals surface area contributed by atoms with Gasteiger partial charge in [-0.1, -0.05) is 0 Å². The average Bonchev–Trinajstić information content (AvgIpc) is 3.01. The van der Waals surface area contributed by atoms with Crippen LogP contribution in [0.15, 0.2) is 22.8 Å². The molecule has 2 heterocycles. The molecule has 0 radical (unpaired) electrons. The number of ether oxygens (including phenoxy) is 1. The summed E-state index contributed by atoms with van der Waals surface area (Å²) in [5, 5.41) is 2.89. The summed E-state index contributed by atoms with van der Waals surface area (Å²) in [7, 11) is 3.88. The number of carbonyl (C=O) groups is 1. The Morgan fingerprint density at radius 3 is 2.95 bits per heavy atom. The molecule has 1 saturated heterocycles. The van der Waals surface area contributed by atoms with Crippen LogP contribution in [0.1, 0.15) is 18.2 Å². The van der Waals surface area contributed by atoms with Gasteiger partial charge >= 0.3 is 0 Å². The number of nitrogens with two attached hydrogens (primary N) is 1. The molecule has 6 nitrogen and oxygen atoms in total. The third-order valence-corrected chi connectivity index (χ3v) is 3.46. The Bertz CT molecular complexity index is 411. The molecule has 2 atom stereocenters. The van der Waals surface area contributed by atoms with Gasteiger partial charge < -0.3 is 20.2 Å². The summed E-state index contributed by atoms with van der Waals surface area (Å²) < 4.78 is 10.6. The van der Waals surface area contributed by atoms with Crippen molar-refractivity contribution >= 4 is 5.91 Å². The fourth-order valence-electron chi connectivity index (χ4n) is 2.14. The predicted molar refractivity (Wildman–Crippen MR) is 70.5 cm³/mol. The van der Waals surface area contributed by atoms with E-state index in [0.717, 1.165) is 5.76 Å². The fraction of sp³-hybridized carbons (Fsp3) is 0.615. The number of nitrogens with zero attached hydrogens (tertiary/aromatic N) is 1. The first kappa shape index (κ1) is 14.0. The van der Waals surface area contributed by atoms with Crippen LogP contribution < -0.4 is 11.1 Å². The van der Waals surface area contributed by atoms with Gasteiger partial charge in [-0.2, -0.15) is 0 Å². The maximum atomic E-state index is 12.1. The molecule has 1 aliphatic heterocycles. The Morgan fingerprint density at radius 1 is 1.63 bits per heavy atom. The first-order valence-corrected chi connectivity index (χ1v) is 6.38. The Kier molecular flexibility index (Phi) is 4.24. The molecule has 0 aromatic carbocycles. The molecule has 0 saturated carbocycles. The number of carbonyl (C=O) groups excluding carboxylic acids is 1. The van der Waals surface area contributed by atoms with Crippen LogP contribution in [0.4, 0.5) is 0 Å². The fourth-order valence-corrected chi connectivity index (χ4v) is 2.14. The highest BCUT2D eigenvalue weighted by atomic mass is 16.5. The van der Waals surface area contributed by atoms with Gasteiger partial charge in [-0.05, 0) is 32.6 Å². The van der Waals surface area contributed by atoms with Crippen LogP contribution in [-0.4, -0.2) is 50.2 Å². The van der Waals surface area contributed by atoms with Crippen molar-refractivity contribution in [1.82, 2.24) is 10.2 Å². The van der Waals surface area contributed by atoms with E-state index in [0.29, 0.717) is 19.6 Å². The van der Waals surface area contributed by atoms with E-state index in [2.05, 4.69) is 5.32 Å². The Morgan fingerprint density at radius 2 is 2.42 bits per heavy atom. The minimum atomic E-state index is -0.889. The topological polar surface area (TPSA) is 80.7 Å². The predicted octanol–water partition coefficient (Wildman–Crippen LogP) is 0.116. The van der Waals surface area contributed by atoms with E-state index in [-0.39, 0.29) is 18.6 Å². The molecule has 0 aliphatic carbocycles. The highest BCUT2D eigenvalue weighted by Crippen LogP contribution is 2.19. The molecular weight excluding hydrogens is 246 g/mol. The second-order valence-electron chi connectivity index (χ2n) is 5.16. The molecule has 1 fully saturated rings. The van der Waals surface area contributed by atoms with E-state index in [9.17, 15) is 4.79 Å². The summed E-state index contributed by atoms with van der Waals surface area (Å²) >= 11 is 0. The average molecular weight is 267 g/mol. The summed E-state index contributed by atoms with van der Waals surface area (Å²) in [6.45, 7) is 1.28. The van der Waals surface area contributed by atoms with Crippen molar-refractivity contribution in [2.24, 2.45) is 5.73 Å². The molecule has 1 amide bonds. The lowest BCUT2D eigenvalue weighted by Gasteiger charge is -2.26. The van der Waals surface area contributed by atoms with Gasteiger partial charge in [0.1, 0.15) is 11.3 Å². The molecule has 2 rings (SSSR count). The van der Waals surface area contributed by atoms with Gasteiger partial charge in [0, 0.05) is 13.2 Å². The van der Waals surface area contributed by atoms with Gasteiger partial charge in [-0.3, -0.25) is 9.69 Å². The van der Waals surface area contributed by atoms with E-state index in [4.69, 9.17) is 14.9 Å². The monoisotopic (exact) mass is 267 g/mol. The third kappa shape index (κ3) is 3.15. The highest BCUT2D eigenvalue weighted by molar-refractivity contribution is 5.86. The molecule has 3 N–H and O–H groups in total. The Balaban J connectivity index is 1.94. The molecular formula is C13H21N3O3. The van der Waals surface area contributed by atoms with Crippen LogP contribution in [0, 0.1) is 0 Å². The molecule has 19 heavy (non-hydrogen) atoms. The standard InChI is InChI=1S/C13H21N3O3/c1-16(2)10(11-4-3-6-19-11)8-15-12(17)13(14)5-7-18-9-13/h3-4,6,10H,5,7-9,14H2,1-2H3,(H,15,17). The van der Waals surface area contributed by atoms with Crippen molar-refractivity contribution in [3.05, 3.63) is 24.2 Å². The molecule has 1 aliphatic rings. The number of amides is 1. The number of hydrogen-bond donors (Lipinski definition) is 2. The molecule has 2 unspecified atom stereocenters. The molecule has 106 valence electrons. The number of likely N-dealkylation sites (N-methyl/N-ethyl adjacent to an activating group) is 1. The summed E-state index contributed by atoms with van der Waals surface area (Å²) in [6, 6.07) is 3.72. The summed E-state index contributed by atoms with van der Waals surface area (Å²) in [5.41, 5.74) is 5.12. The minimum Gasteiger partial charge on any atom is -0.468 e. The lowest BCUT2D eigenvalue weighted by molar-refractivity contribution is -0.126. The molecule has 1 aromatic heterocycles. The SMILES string of the molecule is CN(C)C(CNC(=O)C1(N)CCOC1)c1ccco1. The van der Waals surface area contributed by atoms with Crippen molar-refractivity contribution < 1.29 is 13.9 Å². The lowest BCUT2D eigenvalue weighted by atomic mass is 9.99. The zero-order chi connectivity index (χ0) is 13.9. The summed E-state index contributed by atoms with van der Waals surface area (Å²) in [4.78, 5) is 14.1. The van der Waals surface area contributed by atoms with Gasteiger partial charge in [-0.25, -0.2) is 0 Å². The number of hydrogen-bond acceptors (Lipinski definition) is 5. The second-order valence-corrected chi connectivity index (χ2v) is 5.16. The Hall–Kier alpha value is -1.37. The first-order chi connectivity index (χ1) is 9.03. The van der Waals surface area contributed by atoms with Crippen molar-refractivity contribution in [3.63, 3.8) is 0 Å². The lowest BCUT2D eigenvalue weighted by Crippen LogP contribution is -2.55. The molecule has 0 spiro atoms. The zero-order valence-electron chi connectivity index (χ0n) is 11.4. The van der Waals surface area contributed by atoms with Crippen LogP contribution in [-0.2, 0) is 9.53 Å². The van der Waals surface area contributed by atoms with Crippen LogP contribution in [0.3, 0.4) is 0 Å². The van der Waals surface area contributed by atoms with Crippen LogP contribution >= 0.6 is 0 Å². The van der Waals surface area contributed by atoms with Crippen molar-refractivity contribution in [2.75, 3.05) is 33.9 Å². The van der Waals surface area contributed by atoms with Crippen molar-refractivity contribution in [1.29, 1.82) is 0 Å². The van der Waals surface area contributed by atoms with E-state index in [1.165, 1.54) is 0 Å².